The van der Waals surface area contributed by atoms with Gasteiger partial charge in [0.1, 0.15) is 5.75 Å². The summed E-state index contributed by atoms with van der Waals surface area (Å²) >= 11 is 0. The van der Waals surface area contributed by atoms with E-state index >= 15 is 0 Å². The molecule has 174 valence electrons. The van der Waals surface area contributed by atoms with E-state index in [9.17, 15) is 4.79 Å². The van der Waals surface area contributed by atoms with Gasteiger partial charge in [-0.25, -0.2) is 0 Å². The van der Waals surface area contributed by atoms with E-state index in [1.165, 1.54) is 12.8 Å². The van der Waals surface area contributed by atoms with Crippen LogP contribution < -0.4 is 10.1 Å². The minimum atomic E-state index is -0.203. The molecule has 5 nitrogen and oxygen atoms in total. The van der Waals surface area contributed by atoms with Crippen molar-refractivity contribution < 1.29 is 14.3 Å². The molecule has 1 aliphatic heterocycles. The van der Waals surface area contributed by atoms with Gasteiger partial charge in [-0.3, -0.25) is 9.69 Å². The zero-order chi connectivity index (χ0) is 22.8. The van der Waals surface area contributed by atoms with Crippen molar-refractivity contribution >= 4 is 5.91 Å². The quantitative estimate of drug-likeness (QED) is 0.548. The van der Waals surface area contributed by atoms with Gasteiger partial charge in [0.2, 0.25) is 5.91 Å². The maximum atomic E-state index is 13.1. The number of hydrogen-bond donors (Lipinski definition) is 1. The van der Waals surface area contributed by atoms with Gasteiger partial charge in [0, 0.05) is 19.6 Å². The zero-order valence-corrected chi connectivity index (χ0v) is 19.8. The summed E-state index contributed by atoms with van der Waals surface area (Å²) in [6.07, 6.45) is 2.35. The van der Waals surface area contributed by atoms with E-state index in [2.05, 4.69) is 36.2 Å². The Balaban J connectivity index is 1.68. The molecule has 2 unspecified atom stereocenters. The molecule has 1 amide bonds. The summed E-state index contributed by atoms with van der Waals surface area (Å²) in [6, 6.07) is 18.1. The zero-order valence-electron chi connectivity index (χ0n) is 19.8. The molecule has 3 rings (SSSR count). The molecule has 0 radical (unpaired) electrons. The highest BCUT2D eigenvalue weighted by molar-refractivity contribution is 5.83. The standard InChI is InChI=1S/C27H38N2O3/c1-4-8-21(2)20-32-25-13-11-24(12-14-25)26(19-29-15-17-31-18-16-29)28-27(30)22(3)23-9-6-5-7-10-23/h5-7,9-14,21-22,26H,4,8,15-20H2,1-3H3,(H,28,30)/t21?,22?,26-/m0/s1. The number of benzene rings is 2. The molecule has 1 aliphatic rings. The van der Waals surface area contributed by atoms with Crippen LogP contribution in [0.5, 0.6) is 5.75 Å². The molecule has 2 aromatic rings. The first-order valence-electron chi connectivity index (χ1n) is 11.9. The highest BCUT2D eigenvalue weighted by Gasteiger charge is 2.23. The number of nitrogens with one attached hydrogen (secondary N) is 1. The van der Waals surface area contributed by atoms with Gasteiger partial charge in [0.15, 0.2) is 0 Å². The summed E-state index contributed by atoms with van der Waals surface area (Å²) in [4.78, 5) is 15.5. The lowest BCUT2D eigenvalue weighted by Gasteiger charge is -2.31. The fourth-order valence-corrected chi connectivity index (χ4v) is 4.08. The first-order valence-corrected chi connectivity index (χ1v) is 11.9. The van der Waals surface area contributed by atoms with Crippen LogP contribution in [-0.2, 0) is 9.53 Å². The SMILES string of the molecule is CCCC(C)COc1ccc([C@H](CN2CCOCC2)NC(=O)C(C)c2ccccc2)cc1. The van der Waals surface area contributed by atoms with Gasteiger partial charge in [-0.05, 0) is 42.5 Å². The Morgan fingerprint density at radius 2 is 1.72 bits per heavy atom. The third-order valence-corrected chi connectivity index (χ3v) is 6.15. The molecule has 0 aromatic heterocycles. The maximum Gasteiger partial charge on any atom is 0.227 e. The summed E-state index contributed by atoms with van der Waals surface area (Å²) in [6.45, 7) is 11.1. The summed E-state index contributed by atoms with van der Waals surface area (Å²) in [5, 5.41) is 3.30. The Morgan fingerprint density at radius 1 is 1.03 bits per heavy atom. The highest BCUT2D eigenvalue weighted by atomic mass is 16.5. The number of carbonyl (C=O) groups excluding carboxylic acids is 1. The summed E-state index contributed by atoms with van der Waals surface area (Å²) in [7, 11) is 0. The number of morpholine rings is 1. The Hall–Kier alpha value is -2.37. The van der Waals surface area contributed by atoms with Gasteiger partial charge in [0.05, 0.1) is 31.8 Å². The molecule has 0 bridgehead atoms. The van der Waals surface area contributed by atoms with Crippen molar-refractivity contribution in [2.24, 2.45) is 5.92 Å². The molecular weight excluding hydrogens is 400 g/mol. The lowest BCUT2D eigenvalue weighted by molar-refractivity contribution is -0.123. The van der Waals surface area contributed by atoms with Crippen molar-refractivity contribution in [3.63, 3.8) is 0 Å². The van der Waals surface area contributed by atoms with E-state index in [0.717, 1.165) is 56.3 Å². The first kappa shape index (κ1) is 24.3. The second-order valence-corrected chi connectivity index (χ2v) is 8.88. The number of amides is 1. The molecule has 0 aliphatic carbocycles. The van der Waals surface area contributed by atoms with E-state index < -0.39 is 0 Å². The number of rotatable bonds is 11. The van der Waals surface area contributed by atoms with Crippen LogP contribution in [-0.4, -0.2) is 50.3 Å². The van der Waals surface area contributed by atoms with Crippen LogP contribution in [0.1, 0.15) is 56.7 Å². The van der Waals surface area contributed by atoms with E-state index in [-0.39, 0.29) is 17.9 Å². The van der Waals surface area contributed by atoms with Gasteiger partial charge in [-0.2, -0.15) is 0 Å². The Morgan fingerprint density at radius 3 is 2.38 bits per heavy atom. The van der Waals surface area contributed by atoms with Gasteiger partial charge in [-0.15, -0.1) is 0 Å². The smallest absolute Gasteiger partial charge is 0.227 e. The van der Waals surface area contributed by atoms with E-state index in [0.29, 0.717) is 5.92 Å². The Kier molecular flexibility index (Phi) is 9.57. The minimum Gasteiger partial charge on any atom is -0.493 e. The lowest BCUT2D eigenvalue weighted by Crippen LogP contribution is -2.43. The van der Waals surface area contributed by atoms with Crippen LogP contribution in [0.4, 0.5) is 0 Å². The number of hydrogen-bond acceptors (Lipinski definition) is 4. The van der Waals surface area contributed by atoms with Crippen LogP contribution in [0.25, 0.3) is 0 Å². The van der Waals surface area contributed by atoms with Crippen molar-refractivity contribution in [1.82, 2.24) is 10.2 Å². The second-order valence-electron chi connectivity index (χ2n) is 8.88. The average Bonchev–Trinajstić information content (AvgIpc) is 2.83. The highest BCUT2D eigenvalue weighted by Crippen LogP contribution is 2.22. The molecule has 2 aromatic carbocycles. The van der Waals surface area contributed by atoms with Gasteiger partial charge in [0.25, 0.3) is 0 Å². The van der Waals surface area contributed by atoms with E-state index in [1.807, 2.05) is 49.4 Å². The van der Waals surface area contributed by atoms with Gasteiger partial charge >= 0.3 is 0 Å². The summed E-state index contributed by atoms with van der Waals surface area (Å²) in [5.74, 6) is 1.27. The van der Waals surface area contributed by atoms with Crippen molar-refractivity contribution in [3.8, 4) is 5.75 Å². The molecular formula is C27H38N2O3. The molecule has 3 atom stereocenters. The first-order chi connectivity index (χ1) is 15.6. The average molecular weight is 439 g/mol. The minimum absolute atomic E-state index is 0.0446. The topological polar surface area (TPSA) is 50.8 Å². The summed E-state index contributed by atoms with van der Waals surface area (Å²) < 4.78 is 11.5. The second kappa shape index (κ2) is 12.6. The lowest BCUT2D eigenvalue weighted by atomic mass is 9.99. The van der Waals surface area contributed by atoms with Crippen LogP contribution in [0, 0.1) is 5.92 Å². The Bertz CT molecular complexity index is 803. The van der Waals surface area contributed by atoms with Crippen LogP contribution >= 0.6 is 0 Å². The molecule has 32 heavy (non-hydrogen) atoms. The molecule has 5 heteroatoms. The van der Waals surface area contributed by atoms with Crippen LogP contribution in [0.15, 0.2) is 54.6 Å². The fraction of sp³-hybridized carbons (Fsp3) is 0.519. The molecule has 1 saturated heterocycles. The third kappa shape index (κ3) is 7.35. The fourth-order valence-electron chi connectivity index (χ4n) is 4.08. The van der Waals surface area contributed by atoms with Crippen molar-refractivity contribution in [2.45, 2.75) is 45.6 Å². The molecule has 1 fully saturated rings. The molecule has 0 spiro atoms. The molecule has 1 N–H and O–H groups in total. The largest absolute Gasteiger partial charge is 0.493 e. The van der Waals surface area contributed by atoms with E-state index in [4.69, 9.17) is 9.47 Å². The number of ether oxygens (including phenoxy) is 2. The van der Waals surface area contributed by atoms with Crippen molar-refractivity contribution in [1.29, 1.82) is 0 Å². The van der Waals surface area contributed by atoms with Crippen LogP contribution in [0.3, 0.4) is 0 Å². The predicted molar refractivity (Wildman–Crippen MR) is 129 cm³/mol. The molecule has 1 heterocycles. The number of carbonyl (C=O) groups is 1. The normalized spacial score (nSPS) is 17.3. The van der Waals surface area contributed by atoms with Gasteiger partial charge < -0.3 is 14.8 Å². The molecule has 0 saturated carbocycles. The van der Waals surface area contributed by atoms with Crippen LogP contribution in [0.2, 0.25) is 0 Å². The van der Waals surface area contributed by atoms with Crippen molar-refractivity contribution in [2.75, 3.05) is 39.5 Å². The Labute approximate surface area is 193 Å². The van der Waals surface area contributed by atoms with E-state index in [1.54, 1.807) is 0 Å². The summed E-state index contributed by atoms with van der Waals surface area (Å²) in [5.41, 5.74) is 2.12. The monoisotopic (exact) mass is 438 g/mol. The third-order valence-electron chi connectivity index (χ3n) is 6.15. The predicted octanol–water partition coefficient (Wildman–Crippen LogP) is 4.79. The van der Waals surface area contributed by atoms with Crippen molar-refractivity contribution in [3.05, 3.63) is 65.7 Å². The number of nitrogens with zero attached hydrogens (tertiary/aromatic N) is 1. The maximum absolute atomic E-state index is 13.1. The van der Waals surface area contributed by atoms with Gasteiger partial charge in [-0.1, -0.05) is 62.7 Å².